The fourth-order valence-electron chi connectivity index (χ4n) is 4.93. The number of aliphatic hydroxyl groups is 1. The minimum atomic E-state index is -0.820. The van der Waals surface area contributed by atoms with Gasteiger partial charge in [0, 0.05) is 44.0 Å². The number of hydrogen-bond acceptors (Lipinski definition) is 3. The second kappa shape index (κ2) is 18.9. The van der Waals surface area contributed by atoms with Crippen LogP contribution in [0.4, 0.5) is 0 Å². The first kappa shape index (κ1) is 39.9. The predicted molar refractivity (Wildman–Crippen MR) is 198 cm³/mol. The molecule has 0 aliphatic rings. The van der Waals surface area contributed by atoms with Crippen molar-refractivity contribution in [3.63, 3.8) is 0 Å². The molecule has 0 spiro atoms. The lowest BCUT2D eigenvalue weighted by atomic mass is 9.85. The van der Waals surface area contributed by atoms with Crippen LogP contribution >= 0.6 is 58.8 Å². The number of hydrogen-bond donors (Lipinski definition) is 3. The molecule has 4 rings (SSSR count). The van der Waals surface area contributed by atoms with E-state index in [0.717, 1.165) is 34.0 Å². The highest BCUT2D eigenvalue weighted by molar-refractivity contribution is 6.31. The summed E-state index contributed by atoms with van der Waals surface area (Å²) in [4.78, 5) is 12.5. The fourth-order valence-corrected chi connectivity index (χ4v) is 5.44. The molecule has 4 nitrogen and oxygen atoms in total. The van der Waals surface area contributed by atoms with Gasteiger partial charge in [-0.3, -0.25) is 4.79 Å². The van der Waals surface area contributed by atoms with Crippen LogP contribution in [0.5, 0.6) is 0 Å². The molecular weight excluding hydrogens is 682 g/mol. The molecule has 248 valence electrons. The third-order valence-electron chi connectivity index (χ3n) is 7.94. The summed E-state index contributed by atoms with van der Waals surface area (Å²) in [5, 5.41) is 15.4. The third-order valence-corrected chi connectivity index (χ3v) is 8.95. The standard InChI is InChI=1S/C21H25Cl2NO2.C16H17Cl2N.ClH/c1-14(24-20(26)21(2,3)13-25)19(16-6-10-18(23)11-7-16)12-15-4-8-17(22)9-5-15;1-11(19)16(13-4-8-15(18)9-5-13)10-12-2-6-14(17)7-3-12;/h4-11,14,19,25H,12-13H2,1-3H3,(H,24,26);2-9,11,16H,10,19H2,1H3;1H. The molecule has 4 unspecified atom stereocenters. The Morgan fingerprint density at radius 3 is 1.35 bits per heavy atom. The molecule has 4 N–H and O–H groups in total. The molecule has 4 aromatic rings. The number of carbonyl (C=O) groups excluding carboxylic acids is 1. The molecule has 0 fully saturated rings. The number of halogens is 5. The van der Waals surface area contributed by atoms with Crippen LogP contribution in [0.25, 0.3) is 0 Å². The van der Waals surface area contributed by atoms with Crippen LogP contribution in [0.15, 0.2) is 97.1 Å². The molecule has 0 saturated heterocycles. The minimum Gasteiger partial charge on any atom is -0.395 e. The van der Waals surface area contributed by atoms with Crippen LogP contribution in [0.1, 0.15) is 61.8 Å². The van der Waals surface area contributed by atoms with E-state index in [2.05, 4.69) is 5.32 Å². The summed E-state index contributed by atoms with van der Waals surface area (Å²) in [6.45, 7) is 7.28. The Hall–Kier alpha value is -2.28. The first-order valence-electron chi connectivity index (χ1n) is 15.0. The molecule has 4 aromatic carbocycles. The van der Waals surface area contributed by atoms with Crippen molar-refractivity contribution >= 4 is 64.7 Å². The molecule has 4 atom stereocenters. The Kier molecular flexibility index (Phi) is 16.4. The smallest absolute Gasteiger partial charge is 0.228 e. The third kappa shape index (κ3) is 12.4. The van der Waals surface area contributed by atoms with E-state index >= 15 is 0 Å². The summed E-state index contributed by atoms with van der Waals surface area (Å²) in [5.41, 5.74) is 9.99. The van der Waals surface area contributed by atoms with Gasteiger partial charge in [0.25, 0.3) is 0 Å². The van der Waals surface area contributed by atoms with Crippen LogP contribution in [0, 0.1) is 5.41 Å². The van der Waals surface area contributed by atoms with Crippen LogP contribution in [0.2, 0.25) is 20.1 Å². The number of amides is 1. The SMILES string of the molecule is CC(N)C(Cc1ccc(Cl)cc1)c1ccc(Cl)cc1.CC(NC(=O)C(C)(C)CO)C(Cc1ccc(Cl)cc1)c1ccc(Cl)cc1.Cl. The van der Waals surface area contributed by atoms with Crippen molar-refractivity contribution in [2.24, 2.45) is 11.1 Å². The number of benzene rings is 4. The molecule has 46 heavy (non-hydrogen) atoms. The number of aliphatic hydroxyl groups excluding tert-OH is 1. The second-order valence-electron chi connectivity index (χ2n) is 12.1. The van der Waals surface area contributed by atoms with Gasteiger partial charge in [0.05, 0.1) is 12.0 Å². The maximum Gasteiger partial charge on any atom is 0.228 e. The lowest BCUT2D eigenvalue weighted by Gasteiger charge is -2.29. The normalized spacial score (nSPS) is 13.7. The summed E-state index contributed by atoms with van der Waals surface area (Å²) in [5.74, 6) is 0.174. The van der Waals surface area contributed by atoms with Crippen LogP contribution in [-0.2, 0) is 17.6 Å². The van der Waals surface area contributed by atoms with Crippen molar-refractivity contribution < 1.29 is 9.90 Å². The zero-order chi connectivity index (χ0) is 33.1. The Bertz CT molecular complexity index is 1480. The van der Waals surface area contributed by atoms with Gasteiger partial charge in [-0.25, -0.2) is 0 Å². The van der Waals surface area contributed by atoms with E-state index in [4.69, 9.17) is 52.1 Å². The highest BCUT2D eigenvalue weighted by Gasteiger charge is 2.30. The molecule has 0 aliphatic heterocycles. The topological polar surface area (TPSA) is 75.3 Å². The number of rotatable bonds is 11. The molecule has 0 heterocycles. The van der Waals surface area contributed by atoms with Crippen molar-refractivity contribution in [2.75, 3.05) is 6.61 Å². The lowest BCUT2D eigenvalue weighted by molar-refractivity contribution is -0.132. The zero-order valence-electron chi connectivity index (χ0n) is 26.5. The largest absolute Gasteiger partial charge is 0.395 e. The van der Waals surface area contributed by atoms with Gasteiger partial charge in [0.15, 0.2) is 0 Å². The summed E-state index contributed by atoms with van der Waals surface area (Å²) in [7, 11) is 0. The molecule has 0 aromatic heterocycles. The zero-order valence-corrected chi connectivity index (χ0v) is 30.4. The Morgan fingerprint density at radius 2 is 1.00 bits per heavy atom. The quantitative estimate of drug-likeness (QED) is 0.144. The van der Waals surface area contributed by atoms with E-state index in [-0.39, 0.29) is 48.8 Å². The van der Waals surface area contributed by atoms with Gasteiger partial charge in [-0.2, -0.15) is 0 Å². The molecule has 1 amide bonds. The second-order valence-corrected chi connectivity index (χ2v) is 13.9. The number of nitrogens with two attached hydrogens (primary N) is 1. The summed E-state index contributed by atoms with van der Waals surface area (Å²) in [6, 6.07) is 31.2. The van der Waals surface area contributed by atoms with Crippen LogP contribution in [0.3, 0.4) is 0 Å². The van der Waals surface area contributed by atoms with E-state index < -0.39 is 5.41 Å². The molecule has 0 radical (unpaired) electrons. The van der Waals surface area contributed by atoms with Gasteiger partial charge < -0.3 is 16.2 Å². The molecule has 0 bridgehead atoms. The maximum absolute atomic E-state index is 12.5. The summed E-state index contributed by atoms with van der Waals surface area (Å²) < 4.78 is 0. The first-order chi connectivity index (χ1) is 21.3. The van der Waals surface area contributed by atoms with Gasteiger partial charge in [-0.1, -0.05) is 94.9 Å². The van der Waals surface area contributed by atoms with Gasteiger partial charge in [-0.05, 0) is 111 Å². The number of nitrogens with one attached hydrogen (secondary N) is 1. The van der Waals surface area contributed by atoms with Gasteiger partial charge >= 0.3 is 0 Å². The van der Waals surface area contributed by atoms with E-state index in [1.54, 1.807) is 13.8 Å². The highest BCUT2D eigenvalue weighted by atomic mass is 35.5. The lowest BCUT2D eigenvalue weighted by Crippen LogP contribution is -2.46. The van der Waals surface area contributed by atoms with E-state index in [1.165, 1.54) is 11.1 Å². The first-order valence-corrected chi connectivity index (χ1v) is 16.5. The number of carbonyl (C=O) groups is 1. The summed E-state index contributed by atoms with van der Waals surface area (Å²) in [6.07, 6.45) is 1.65. The van der Waals surface area contributed by atoms with E-state index in [0.29, 0.717) is 10.0 Å². The van der Waals surface area contributed by atoms with Gasteiger partial charge in [0.2, 0.25) is 5.91 Å². The average molecular weight is 725 g/mol. The highest BCUT2D eigenvalue weighted by Crippen LogP contribution is 2.28. The fraction of sp³-hybridized carbons (Fsp3) is 0.324. The predicted octanol–water partition coefficient (Wildman–Crippen LogP) is 9.93. The maximum atomic E-state index is 12.5. The van der Waals surface area contributed by atoms with Crippen molar-refractivity contribution in [1.29, 1.82) is 0 Å². The van der Waals surface area contributed by atoms with Crippen LogP contribution < -0.4 is 11.1 Å². The Morgan fingerprint density at radius 1 is 0.674 bits per heavy atom. The van der Waals surface area contributed by atoms with E-state index in [1.807, 2.05) is 111 Å². The Labute approximate surface area is 300 Å². The van der Waals surface area contributed by atoms with E-state index in [9.17, 15) is 9.90 Å². The van der Waals surface area contributed by atoms with Crippen molar-refractivity contribution in [3.8, 4) is 0 Å². The van der Waals surface area contributed by atoms with Crippen LogP contribution in [-0.4, -0.2) is 29.7 Å². The average Bonchev–Trinajstić information content (AvgIpc) is 3.01. The monoisotopic (exact) mass is 722 g/mol. The van der Waals surface area contributed by atoms with Crippen molar-refractivity contribution in [1.82, 2.24) is 5.32 Å². The Balaban J connectivity index is 0.000000328. The molecule has 9 heteroatoms. The molecule has 0 aliphatic carbocycles. The molecular formula is C37H43Cl5N2O2. The van der Waals surface area contributed by atoms with Crippen molar-refractivity contribution in [3.05, 3.63) is 139 Å². The molecule has 0 saturated carbocycles. The van der Waals surface area contributed by atoms with Crippen molar-refractivity contribution in [2.45, 2.75) is 64.5 Å². The van der Waals surface area contributed by atoms with Gasteiger partial charge in [-0.15, -0.1) is 12.4 Å². The summed E-state index contributed by atoms with van der Waals surface area (Å²) >= 11 is 23.8. The minimum absolute atomic E-state index is 0. The van der Waals surface area contributed by atoms with Gasteiger partial charge in [0.1, 0.15) is 0 Å².